The Hall–Kier alpha value is -1.28. The Morgan fingerprint density at radius 1 is 1.31 bits per heavy atom. The zero-order chi connectivity index (χ0) is 12.2. The predicted molar refractivity (Wildman–Crippen MR) is 58.4 cm³/mol. The van der Waals surface area contributed by atoms with Gasteiger partial charge in [0.1, 0.15) is 5.21 Å². The molecule has 1 aromatic heterocycles. The van der Waals surface area contributed by atoms with Gasteiger partial charge in [-0.05, 0) is 0 Å². The standard InChI is InChI=1S/C7H10ClN3O4S/c1-14-5-3-6(15-2)10-7(9-5)11-16(12,13)4-8/h3H,4H2,1-2H3,(H,9,10,11). The van der Waals surface area contributed by atoms with Gasteiger partial charge in [-0.2, -0.15) is 9.97 Å². The van der Waals surface area contributed by atoms with Crippen molar-refractivity contribution in [1.82, 2.24) is 9.97 Å². The average molecular weight is 268 g/mol. The summed E-state index contributed by atoms with van der Waals surface area (Å²) in [5, 5.41) is -0.587. The van der Waals surface area contributed by atoms with Gasteiger partial charge in [-0.25, -0.2) is 13.1 Å². The van der Waals surface area contributed by atoms with Crippen molar-refractivity contribution in [2.24, 2.45) is 0 Å². The summed E-state index contributed by atoms with van der Waals surface area (Å²) in [7, 11) is -0.862. The molecule has 7 nitrogen and oxygen atoms in total. The molecule has 1 N–H and O–H groups in total. The van der Waals surface area contributed by atoms with Gasteiger partial charge in [-0.15, -0.1) is 11.6 Å². The minimum atomic E-state index is -3.64. The summed E-state index contributed by atoms with van der Waals surface area (Å²) in [6.07, 6.45) is 0. The van der Waals surface area contributed by atoms with E-state index in [0.29, 0.717) is 0 Å². The number of sulfonamides is 1. The van der Waals surface area contributed by atoms with Crippen molar-refractivity contribution in [2.45, 2.75) is 0 Å². The van der Waals surface area contributed by atoms with Gasteiger partial charge in [0.25, 0.3) is 0 Å². The molecule has 0 aliphatic rings. The van der Waals surface area contributed by atoms with Crippen LogP contribution in [-0.2, 0) is 10.0 Å². The summed E-state index contributed by atoms with van der Waals surface area (Å²) in [5.41, 5.74) is 0. The van der Waals surface area contributed by atoms with Crippen LogP contribution >= 0.6 is 11.6 Å². The average Bonchev–Trinajstić information content (AvgIpc) is 2.28. The van der Waals surface area contributed by atoms with Crippen LogP contribution in [0.5, 0.6) is 11.8 Å². The number of halogens is 1. The fraction of sp³-hybridized carbons (Fsp3) is 0.429. The largest absolute Gasteiger partial charge is 0.481 e. The molecule has 0 unspecified atom stereocenters. The molecule has 0 atom stereocenters. The molecule has 16 heavy (non-hydrogen) atoms. The molecule has 0 saturated heterocycles. The number of hydrogen-bond acceptors (Lipinski definition) is 6. The second-order valence-corrected chi connectivity index (χ2v) is 4.91. The van der Waals surface area contributed by atoms with Gasteiger partial charge in [0.15, 0.2) is 0 Å². The zero-order valence-electron chi connectivity index (χ0n) is 8.60. The van der Waals surface area contributed by atoms with E-state index in [9.17, 15) is 8.42 Å². The summed E-state index contributed by atoms with van der Waals surface area (Å²) in [6.45, 7) is 0. The molecule has 9 heteroatoms. The summed E-state index contributed by atoms with van der Waals surface area (Å²) >= 11 is 5.22. The second kappa shape index (κ2) is 5.17. The van der Waals surface area contributed by atoms with Crippen LogP contribution in [0.1, 0.15) is 0 Å². The van der Waals surface area contributed by atoms with Crippen LogP contribution in [0.15, 0.2) is 6.07 Å². The molecule has 0 radical (unpaired) electrons. The molecule has 0 bridgehead atoms. The number of aromatic nitrogens is 2. The summed E-state index contributed by atoms with van der Waals surface area (Å²) < 4.78 is 34.1. The third-order valence-electron chi connectivity index (χ3n) is 1.49. The molecule has 90 valence electrons. The highest BCUT2D eigenvalue weighted by atomic mass is 35.5. The van der Waals surface area contributed by atoms with Crippen LogP contribution in [0.2, 0.25) is 0 Å². The Labute approximate surface area is 97.8 Å². The molecule has 1 heterocycles. The van der Waals surface area contributed by atoms with E-state index >= 15 is 0 Å². The molecule has 0 saturated carbocycles. The maximum absolute atomic E-state index is 11.2. The molecule has 0 amide bonds. The predicted octanol–water partition coefficient (Wildman–Crippen LogP) is 0.432. The number of rotatable bonds is 5. The quantitative estimate of drug-likeness (QED) is 0.778. The van der Waals surface area contributed by atoms with Crippen molar-refractivity contribution in [3.8, 4) is 11.8 Å². The van der Waals surface area contributed by atoms with Crippen LogP contribution in [0.3, 0.4) is 0 Å². The molecule has 1 rings (SSSR count). The highest BCUT2D eigenvalue weighted by molar-refractivity contribution is 7.93. The number of anilines is 1. The minimum Gasteiger partial charge on any atom is -0.481 e. The number of alkyl halides is 1. The SMILES string of the molecule is COc1cc(OC)nc(NS(=O)(=O)CCl)n1. The highest BCUT2D eigenvalue weighted by Gasteiger charge is 2.12. The van der Waals surface area contributed by atoms with Crippen LogP contribution in [0.25, 0.3) is 0 Å². The van der Waals surface area contributed by atoms with Crippen molar-refractivity contribution in [2.75, 3.05) is 24.2 Å². The molecule has 0 aromatic carbocycles. The number of nitrogens with zero attached hydrogens (tertiary/aromatic N) is 2. The fourth-order valence-corrected chi connectivity index (χ4v) is 1.41. The van der Waals surface area contributed by atoms with Gasteiger partial charge in [-0.1, -0.05) is 0 Å². The molecule has 0 aliphatic carbocycles. The monoisotopic (exact) mass is 267 g/mol. The highest BCUT2D eigenvalue weighted by Crippen LogP contribution is 2.17. The first-order valence-corrected chi connectivity index (χ1v) is 6.23. The molecule has 0 aliphatic heterocycles. The lowest BCUT2D eigenvalue weighted by Crippen LogP contribution is -2.16. The molecule has 0 fully saturated rings. The van der Waals surface area contributed by atoms with Gasteiger partial charge in [0.05, 0.1) is 20.3 Å². The third-order valence-corrected chi connectivity index (χ3v) is 3.13. The van der Waals surface area contributed by atoms with Crippen LogP contribution < -0.4 is 14.2 Å². The van der Waals surface area contributed by atoms with E-state index in [1.54, 1.807) is 0 Å². The number of ether oxygens (including phenoxy) is 2. The lowest BCUT2D eigenvalue weighted by atomic mass is 10.6. The van der Waals surface area contributed by atoms with Crippen molar-refractivity contribution < 1.29 is 17.9 Å². The van der Waals surface area contributed by atoms with Gasteiger partial charge < -0.3 is 9.47 Å². The lowest BCUT2D eigenvalue weighted by molar-refractivity contribution is 0.373. The lowest BCUT2D eigenvalue weighted by Gasteiger charge is -2.07. The van der Waals surface area contributed by atoms with Gasteiger partial charge >= 0.3 is 0 Å². The van der Waals surface area contributed by atoms with Crippen molar-refractivity contribution in [3.05, 3.63) is 6.07 Å². The molecule has 1 aromatic rings. The molecule has 0 spiro atoms. The molecular weight excluding hydrogens is 258 g/mol. The van der Waals surface area contributed by atoms with Gasteiger partial charge in [0.2, 0.25) is 27.7 Å². The topological polar surface area (TPSA) is 90.4 Å². The molecular formula is C7H10ClN3O4S. The van der Waals surface area contributed by atoms with Gasteiger partial charge in [0, 0.05) is 0 Å². The Kier molecular flexibility index (Phi) is 4.13. The van der Waals surface area contributed by atoms with E-state index in [-0.39, 0.29) is 17.7 Å². The first-order valence-electron chi connectivity index (χ1n) is 4.04. The summed E-state index contributed by atoms with van der Waals surface area (Å²) in [5.74, 6) is 0.204. The number of hydrogen-bond donors (Lipinski definition) is 1. The first kappa shape index (κ1) is 12.8. The Morgan fingerprint density at radius 2 is 1.81 bits per heavy atom. The van der Waals surface area contributed by atoms with E-state index in [1.165, 1.54) is 20.3 Å². The van der Waals surface area contributed by atoms with E-state index in [4.69, 9.17) is 21.1 Å². The van der Waals surface area contributed by atoms with Crippen LogP contribution in [0, 0.1) is 0 Å². The van der Waals surface area contributed by atoms with E-state index in [1.807, 2.05) is 0 Å². The van der Waals surface area contributed by atoms with Gasteiger partial charge in [-0.3, -0.25) is 0 Å². The summed E-state index contributed by atoms with van der Waals surface area (Å²) in [4.78, 5) is 7.54. The second-order valence-electron chi connectivity index (χ2n) is 2.60. The van der Waals surface area contributed by atoms with Crippen molar-refractivity contribution >= 4 is 27.6 Å². The van der Waals surface area contributed by atoms with Crippen LogP contribution in [0.4, 0.5) is 5.95 Å². The van der Waals surface area contributed by atoms with E-state index in [0.717, 1.165) is 0 Å². The number of methoxy groups -OCH3 is 2. The maximum atomic E-state index is 11.2. The van der Waals surface area contributed by atoms with Crippen molar-refractivity contribution in [1.29, 1.82) is 0 Å². The first-order chi connectivity index (χ1) is 7.50. The third kappa shape index (κ3) is 3.38. The smallest absolute Gasteiger partial charge is 0.249 e. The zero-order valence-corrected chi connectivity index (χ0v) is 10.2. The maximum Gasteiger partial charge on any atom is 0.249 e. The van der Waals surface area contributed by atoms with Crippen molar-refractivity contribution in [3.63, 3.8) is 0 Å². The fourth-order valence-electron chi connectivity index (χ4n) is 0.825. The van der Waals surface area contributed by atoms with Crippen LogP contribution in [-0.4, -0.2) is 37.8 Å². The summed E-state index contributed by atoms with van der Waals surface area (Å²) in [6, 6.07) is 1.42. The van der Waals surface area contributed by atoms with E-state index in [2.05, 4.69) is 14.7 Å². The Bertz CT molecular complexity index is 442. The van der Waals surface area contributed by atoms with E-state index < -0.39 is 15.2 Å². The Morgan fingerprint density at radius 3 is 2.19 bits per heavy atom. The Balaban J connectivity index is 3.04. The minimum absolute atomic E-state index is 0.156. The number of nitrogens with one attached hydrogen (secondary N) is 1. The normalized spacial score (nSPS) is 10.9.